The second-order valence-electron chi connectivity index (χ2n) is 21.5. The molecule has 15 rings (SSSR count). The molecule has 10 nitrogen and oxygen atoms in total. The molecule has 0 atom stereocenters. The molecule has 88 heavy (non-hydrogen) atoms. The minimum atomic E-state index is 0.494. The molecule has 0 bridgehead atoms. The Labute approximate surface area is 506 Å². The Hall–Kier alpha value is -12.9. The van der Waals surface area contributed by atoms with Crippen molar-refractivity contribution < 1.29 is 0 Å². The fourth-order valence-electron chi connectivity index (χ4n) is 12.1. The summed E-state index contributed by atoms with van der Waals surface area (Å²) >= 11 is 0. The number of nitrogens with zero attached hydrogens (tertiary/aromatic N) is 10. The number of rotatable bonds is 10. The molecule has 0 fully saturated rings. The number of aromatic nitrogens is 6. The highest BCUT2D eigenvalue weighted by Crippen LogP contribution is 2.45. The standard InChI is InChI=1S/C78H44N10/c1-81-62-23-11-21-55(39-62)59-27-30-71-66(43-59)67-44-60(56-22-12-24-63(40-56)82-2)28-31-72(67)87(71)70-34-29-61(78-85-76(51-15-5-3-6-16-51)84-77(86-78)52-17-7-4-8-18-52)45-65(70)64-35-36-83-48-75(64)88-73-32-25-57(53-19-9-13-49(37-53)46-79)41-68(73)69-42-58(26-33-74(69)88)54-20-10-14-50(38-54)47-80/h3-45,48H. The summed E-state index contributed by atoms with van der Waals surface area (Å²) in [5.41, 5.74) is 19.5. The predicted molar refractivity (Wildman–Crippen MR) is 352 cm³/mol. The van der Waals surface area contributed by atoms with Crippen LogP contribution in [0.25, 0.3) is 154 Å². The van der Waals surface area contributed by atoms with E-state index in [1.54, 1.807) is 0 Å². The lowest BCUT2D eigenvalue weighted by molar-refractivity contribution is 1.07. The van der Waals surface area contributed by atoms with Gasteiger partial charge < -0.3 is 9.13 Å². The van der Waals surface area contributed by atoms with Crippen LogP contribution in [0.15, 0.2) is 267 Å². The quantitative estimate of drug-likeness (QED) is 0.126. The third-order valence-corrected chi connectivity index (χ3v) is 16.3. The Kier molecular flexibility index (Phi) is 12.8. The molecule has 0 N–H and O–H groups in total. The van der Waals surface area contributed by atoms with Gasteiger partial charge in [0.1, 0.15) is 0 Å². The zero-order valence-electron chi connectivity index (χ0n) is 46.9. The van der Waals surface area contributed by atoms with E-state index in [9.17, 15) is 10.5 Å². The van der Waals surface area contributed by atoms with Crippen molar-refractivity contribution in [1.29, 1.82) is 10.5 Å². The van der Waals surface area contributed by atoms with Crippen LogP contribution in [-0.2, 0) is 0 Å². The van der Waals surface area contributed by atoms with Crippen molar-refractivity contribution in [2.45, 2.75) is 0 Å². The van der Waals surface area contributed by atoms with Gasteiger partial charge in [-0.15, -0.1) is 0 Å². The van der Waals surface area contributed by atoms with Crippen molar-refractivity contribution in [3.63, 3.8) is 0 Å². The highest BCUT2D eigenvalue weighted by Gasteiger charge is 2.24. The molecule has 0 unspecified atom stereocenters. The summed E-state index contributed by atoms with van der Waals surface area (Å²) < 4.78 is 4.62. The molecule has 4 aromatic heterocycles. The zero-order valence-corrected chi connectivity index (χ0v) is 46.9. The molecule has 0 spiro atoms. The van der Waals surface area contributed by atoms with Crippen LogP contribution < -0.4 is 0 Å². The van der Waals surface area contributed by atoms with Crippen LogP contribution in [0.2, 0.25) is 0 Å². The molecule has 0 aliphatic rings. The first kappa shape index (κ1) is 52.0. The van der Waals surface area contributed by atoms with Gasteiger partial charge in [-0.1, -0.05) is 146 Å². The lowest BCUT2D eigenvalue weighted by atomic mass is 9.98. The number of pyridine rings is 1. The van der Waals surface area contributed by atoms with Crippen LogP contribution >= 0.6 is 0 Å². The third kappa shape index (κ3) is 9.22. The van der Waals surface area contributed by atoms with E-state index in [1.807, 2.05) is 170 Å². The smallest absolute Gasteiger partial charge is 0.187 e. The third-order valence-electron chi connectivity index (χ3n) is 16.3. The van der Waals surface area contributed by atoms with Crippen molar-refractivity contribution in [3.8, 4) is 113 Å². The molecule has 0 saturated carbocycles. The molecule has 0 amide bonds. The van der Waals surface area contributed by atoms with Crippen molar-refractivity contribution in [3.05, 3.63) is 301 Å². The van der Waals surface area contributed by atoms with Gasteiger partial charge in [0.05, 0.1) is 76.0 Å². The van der Waals surface area contributed by atoms with Crippen molar-refractivity contribution >= 4 is 55.0 Å². The lowest BCUT2D eigenvalue weighted by Gasteiger charge is -2.19. The Bertz CT molecular complexity index is 5230. The van der Waals surface area contributed by atoms with Crippen LogP contribution in [0.3, 0.4) is 0 Å². The predicted octanol–water partition coefficient (Wildman–Crippen LogP) is 19.6. The topological polar surface area (TPSA) is 118 Å². The van der Waals surface area contributed by atoms with E-state index in [0.29, 0.717) is 40.0 Å². The fourth-order valence-corrected chi connectivity index (χ4v) is 12.1. The first-order valence-corrected chi connectivity index (χ1v) is 28.5. The molecule has 11 aromatic carbocycles. The Morgan fingerprint density at radius 1 is 0.318 bits per heavy atom. The van der Waals surface area contributed by atoms with E-state index >= 15 is 0 Å². The van der Waals surface area contributed by atoms with E-state index in [1.165, 1.54) is 0 Å². The minimum Gasteiger partial charge on any atom is -0.309 e. The van der Waals surface area contributed by atoms with E-state index < -0.39 is 0 Å². The summed E-state index contributed by atoms with van der Waals surface area (Å²) in [5, 5.41) is 23.9. The number of hydrogen-bond acceptors (Lipinski definition) is 6. The second kappa shape index (κ2) is 21.7. The van der Waals surface area contributed by atoms with Crippen molar-refractivity contribution in [2.24, 2.45) is 0 Å². The van der Waals surface area contributed by atoms with Crippen LogP contribution in [0.1, 0.15) is 11.1 Å². The van der Waals surface area contributed by atoms with Gasteiger partial charge in [-0.25, -0.2) is 24.6 Å². The number of nitriles is 2. The van der Waals surface area contributed by atoms with Gasteiger partial charge in [0, 0.05) is 55.6 Å². The van der Waals surface area contributed by atoms with E-state index in [-0.39, 0.29) is 0 Å². The van der Waals surface area contributed by atoms with Crippen LogP contribution in [0, 0.1) is 35.8 Å². The average molecular weight is 1120 g/mol. The molecule has 0 radical (unpaired) electrons. The number of fused-ring (bicyclic) bond motifs is 6. The molecule has 406 valence electrons. The molecule has 15 aromatic rings. The number of hydrogen-bond donors (Lipinski definition) is 0. The van der Waals surface area contributed by atoms with E-state index in [2.05, 4.69) is 128 Å². The highest BCUT2D eigenvalue weighted by molar-refractivity contribution is 6.14. The first-order valence-electron chi connectivity index (χ1n) is 28.5. The van der Waals surface area contributed by atoms with Gasteiger partial charge in [0.25, 0.3) is 0 Å². The van der Waals surface area contributed by atoms with Gasteiger partial charge in [-0.2, -0.15) is 10.5 Å². The first-order chi connectivity index (χ1) is 43.4. The van der Waals surface area contributed by atoms with Crippen LogP contribution in [0.5, 0.6) is 0 Å². The summed E-state index contributed by atoms with van der Waals surface area (Å²) in [7, 11) is 0. The van der Waals surface area contributed by atoms with Crippen LogP contribution in [-0.4, -0.2) is 29.1 Å². The summed E-state index contributed by atoms with van der Waals surface area (Å²) in [6.07, 6.45) is 3.77. The highest BCUT2D eigenvalue weighted by atomic mass is 15.0. The SMILES string of the molecule is [C-]#[N+]c1cccc(-c2ccc3c(c2)c2cc(-c4cccc([N+]#[C-])c4)ccc2n3-c2ccc(-c3nc(-c4ccccc4)nc(-c4ccccc4)n3)cc2-c2ccncc2-n2c3ccc(-c4cccc(C#N)c4)cc3c3cc(-c4cccc(C#N)c4)ccc32)c1. The summed E-state index contributed by atoms with van der Waals surface area (Å²) in [5.74, 6) is 1.58. The maximum Gasteiger partial charge on any atom is 0.187 e. The average Bonchev–Trinajstić information content (AvgIpc) is 1.61. The van der Waals surface area contributed by atoms with E-state index in [0.717, 1.165) is 127 Å². The van der Waals surface area contributed by atoms with Gasteiger partial charge in [0.2, 0.25) is 0 Å². The Morgan fingerprint density at radius 2 is 0.693 bits per heavy atom. The van der Waals surface area contributed by atoms with Gasteiger partial charge in [0.15, 0.2) is 28.8 Å². The normalized spacial score (nSPS) is 11.1. The molecule has 0 aliphatic heterocycles. The van der Waals surface area contributed by atoms with Gasteiger partial charge in [-0.3, -0.25) is 4.98 Å². The lowest BCUT2D eigenvalue weighted by Crippen LogP contribution is -2.04. The molecule has 10 heteroatoms. The Balaban J connectivity index is 1.02. The van der Waals surface area contributed by atoms with E-state index in [4.69, 9.17) is 33.1 Å². The number of benzene rings is 11. The largest absolute Gasteiger partial charge is 0.309 e. The minimum absolute atomic E-state index is 0.494. The van der Waals surface area contributed by atoms with Crippen molar-refractivity contribution in [1.82, 2.24) is 29.1 Å². The molecule has 0 aliphatic carbocycles. The van der Waals surface area contributed by atoms with Gasteiger partial charge in [-0.05, 0) is 154 Å². The second-order valence-corrected chi connectivity index (χ2v) is 21.5. The monoisotopic (exact) mass is 1120 g/mol. The van der Waals surface area contributed by atoms with Gasteiger partial charge >= 0.3 is 0 Å². The fraction of sp³-hybridized carbons (Fsp3) is 0. The maximum atomic E-state index is 9.97. The summed E-state index contributed by atoms with van der Waals surface area (Å²) in [6, 6.07) is 89.9. The Morgan fingerprint density at radius 3 is 1.12 bits per heavy atom. The summed E-state index contributed by atoms with van der Waals surface area (Å²) in [6.45, 7) is 15.7. The van der Waals surface area contributed by atoms with Crippen molar-refractivity contribution in [2.75, 3.05) is 0 Å². The molecule has 4 heterocycles. The molecular formula is C78H44N10. The van der Waals surface area contributed by atoms with Crippen LogP contribution in [0.4, 0.5) is 11.4 Å². The molecule has 0 saturated heterocycles. The maximum absolute atomic E-state index is 9.97. The molecular weight excluding hydrogens is 1080 g/mol. The summed E-state index contributed by atoms with van der Waals surface area (Å²) in [4.78, 5) is 28.0. The zero-order chi connectivity index (χ0) is 59.2.